The summed E-state index contributed by atoms with van der Waals surface area (Å²) in [5.41, 5.74) is 6.57. The van der Waals surface area contributed by atoms with E-state index in [9.17, 15) is 0 Å². The van der Waals surface area contributed by atoms with Crippen LogP contribution in [0.4, 0.5) is 0 Å². The first kappa shape index (κ1) is 17.2. The van der Waals surface area contributed by atoms with Crippen molar-refractivity contribution >= 4 is 21.8 Å². The molecule has 0 radical (unpaired) electrons. The third-order valence-corrected chi connectivity index (χ3v) is 6.73. The summed E-state index contributed by atoms with van der Waals surface area (Å²) in [6.07, 6.45) is 2.18. The van der Waals surface area contributed by atoms with Gasteiger partial charge in [-0.15, -0.1) is 0 Å². The second kappa shape index (κ2) is 6.97. The van der Waals surface area contributed by atoms with Gasteiger partial charge < -0.3 is 9.88 Å². The Morgan fingerprint density at radius 2 is 1.86 bits per heavy atom. The van der Waals surface area contributed by atoms with Gasteiger partial charge in [0.15, 0.2) is 0 Å². The first-order valence-corrected chi connectivity index (χ1v) is 10.7. The normalized spacial score (nSPS) is 20.1. The predicted molar refractivity (Wildman–Crippen MR) is 118 cm³/mol. The minimum absolute atomic E-state index is 0.625. The molecule has 2 aromatic carbocycles. The smallest absolute Gasteiger partial charge is 0.0705 e. The predicted octanol–water partition coefficient (Wildman–Crippen LogP) is 4.00. The molecule has 0 bridgehead atoms. The number of rotatable bonds is 3. The number of piperazine rings is 1. The standard InChI is InChI=1S/C25H26N4/c1-3-7-23-18(5-1)9-10-19(26-23)11-12-28-13-14-29-17-25-22(15-20(29)16-28)21-6-2-4-8-24(21)27-25/h1-10,20,27H,11-17H2. The Balaban J connectivity index is 1.15. The molecule has 2 aliphatic heterocycles. The van der Waals surface area contributed by atoms with E-state index < -0.39 is 0 Å². The molecule has 4 aromatic rings. The molecule has 2 aromatic heterocycles. The van der Waals surface area contributed by atoms with Crippen LogP contribution in [-0.2, 0) is 19.4 Å². The summed E-state index contributed by atoms with van der Waals surface area (Å²) >= 11 is 0. The molecule has 1 N–H and O–H groups in total. The number of benzene rings is 2. The average Bonchev–Trinajstić information content (AvgIpc) is 3.13. The van der Waals surface area contributed by atoms with Crippen molar-refractivity contribution in [2.75, 3.05) is 26.2 Å². The van der Waals surface area contributed by atoms with Crippen LogP contribution in [0.3, 0.4) is 0 Å². The molecule has 1 atom stereocenters. The van der Waals surface area contributed by atoms with Gasteiger partial charge in [0.25, 0.3) is 0 Å². The summed E-state index contributed by atoms with van der Waals surface area (Å²) in [7, 11) is 0. The SMILES string of the molecule is c1ccc2nc(CCN3CCN4Cc5[nH]c6ccccc6c5CC4C3)ccc2c1. The molecule has 0 amide bonds. The number of fused-ring (bicyclic) bond motifs is 5. The molecule has 4 heteroatoms. The van der Waals surface area contributed by atoms with E-state index >= 15 is 0 Å². The topological polar surface area (TPSA) is 35.2 Å². The van der Waals surface area contributed by atoms with Gasteiger partial charge in [-0.25, -0.2) is 0 Å². The minimum atomic E-state index is 0.625. The fourth-order valence-electron chi connectivity index (χ4n) is 5.14. The Bertz CT molecular complexity index is 1180. The number of nitrogens with zero attached hydrogens (tertiary/aromatic N) is 3. The maximum atomic E-state index is 4.86. The Labute approximate surface area is 171 Å². The molecule has 4 nitrogen and oxygen atoms in total. The zero-order valence-corrected chi connectivity index (χ0v) is 16.6. The molecule has 2 aliphatic rings. The van der Waals surface area contributed by atoms with Gasteiger partial charge in [-0.1, -0.05) is 42.5 Å². The van der Waals surface area contributed by atoms with Crippen molar-refractivity contribution in [1.82, 2.24) is 19.8 Å². The third-order valence-electron chi connectivity index (χ3n) is 6.73. The molecular weight excluding hydrogens is 356 g/mol. The summed E-state index contributed by atoms with van der Waals surface area (Å²) in [6.45, 7) is 5.63. The Morgan fingerprint density at radius 1 is 0.966 bits per heavy atom. The molecule has 0 saturated carbocycles. The van der Waals surface area contributed by atoms with Gasteiger partial charge in [0.05, 0.1) is 5.52 Å². The summed E-state index contributed by atoms with van der Waals surface area (Å²) < 4.78 is 0. The summed E-state index contributed by atoms with van der Waals surface area (Å²) in [5, 5.41) is 2.64. The van der Waals surface area contributed by atoms with Gasteiger partial charge in [0.1, 0.15) is 0 Å². The van der Waals surface area contributed by atoms with Crippen LogP contribution in [-0.4, -0.2) is 52.0 Å². The Kier molecular flexibility index (Phi) is 4.13. The summed E-state index contributed by atoms with van der Waals surface area (Å²) in [6, 6.07) is 22.2. The second-order valence-electron chi connectivity index (χ2n) is 8.50. The number of para-hydroxylation sites is 2. The molecule has 1 unspecified atom stereocenters. The van der Waals surface area contributed by atoms with Gasteiger partial charge in [0.2, 0.25) is 0 Å². The van der Waals surface area contributed by atoms with E-state index in [0.29, 0.717) is 6.04 Å². The van der Waals surface area contributed by atoms with Gasteiger partial charge in [-0.05, 0) is 30.2 Å². The number of hydrogen-bond donors (Lipinski definition) is 1. The Morgan fingerprint density at radius 3 is 2.86 bits per heavy atom. The molecule has 4 heterocycles. The van der Waals surface area contributed by atoms with Crippen LogP contribution in [0.25, 0.3) is 21.8 Å². The molecule has 0 spiro atoms. The van der Waals surface area contributed by atoms with Crippen LogP contribution < -0.4 is 0 Å². The van der Waals surface area contributed by atoms with Crippen molar-refractivity contribution in [3.63, 3.8) is 0 Å². The number of nitrogens with one attached hydrogen (secondary N) is 1. The maximum absolute atomic E-state index is 4.86. The highest BCUT2D eigenvalue weighted by Crippen LogP contribution is 2.31. The highest BCUT2D eigenvalue weighted by atomic mass is 15.3. The lowest BCUT2D eigenvalue weighted by molar-refractivity contribution is 0.0606. The molecule has 6 rings (SSSR count). The number of pyridine rings is 1. The summed E-state index contributed by atoms with van der Waals surface area (Å²) in [4.78, 5) is 13.8. The van der Waals surface area contributed by atoms with E-state index in [4.69, 9.17) is 4.98 Å². The lowest BCUT2D eigenvalue weighted by atomic mass is 9.94. The first-order chi connectivity index (χ1) is 14.3. The second-order valence-corrected chi connectivity index (χ2v) is 8.50. The zero-order valence-electron chi connectivity index (χ0n) is 16.6. The highest BCUT2D eigenvalue weighted by molar-refractivity contribution is 5.85. The molecule has 0 aliphatic carbocycles. The van der Waals surface area contributed by atoms with E-state index in [1.54, 1.807) is 5.56 Å². The van der Waals surface area contributed by atoms with E-state index in [-0.39, 0.29) is 0 Å². The van der Waals surface area contributed by atoms with E-state index in [2.05, 4.69) is 75.4 Å². The highest BCUT2D eigenvalue weighted by Gasteiger charge is 2.33. The molecular formula is C25H26N4. The van der Waals surface area contributed by atoms with Crippen molar-refractivity contribution in [3.8, 4) is 0 Å². The van der Waals surface area contributed by atoms with Gasteiger partial charge in [-0.3, -0.25) is 9.88 Å². The minimum Gasteiger partial charge on any atom is -0.357 e. The monoisotopic (exact) mass is 382 g/mol. The van der Waals surface area contributed by atoms with Crippen molar-refractivity contribution < 1.29 is 0 Å². The van der Waals surface area contributed by atoms with Crippen molar-refractivity contribution in [3.05, 3.63) is 77.6 Å². The van der Waals surface area contributed by atoms with Crippen LogP contribution in [0.2, 0.25) is 0 Å². The maximum Gasteiger partial charge on any atom is 0.0705 e. The molecule has 1 saturated heterocycles. The number of H-pyrrole nitrogens is 1. The van der Waals surface area contributed by atoms with Gasteiger partial charge >= 0.3 is 0 Å². The number of hydrogen-bond acceptors (Lipinski definition) is 3. The lowest BCUT2D eigenvalue weighted by Gasteiger charge is -2.44. The van der Waals surface area contributed by atoms with Crippen molar-refractivity contribution in [1.29, 1.82) is 0 Å². The van der Waals surface area contributed by atoms with Crippen LogP contribution >= 0.6 is 0 Å². The first-order valence-electron chi connectivity index (χ1n) is 10.7. The molecule has 29 heavy (non-hydrogen) atoms. The van der Waals surface area contributed by atoms with Crippen molar-refractivity contribution in [2.45, 2.75) is 25.4 Å². The van der Waals surface area contributed by atoms with Crippen LogP contribution in [0.1, 0.15) is 17.0 Å². The quantitative estimate of drug-likeness (QED) is 0.582. The van der Waals surface area contributed by atoms with Gasteiger partial charge in [0, 0.05) is 72.9 Å². The molecule has 1 fully saturated rings. The van der Waals surface area contributed by atoms with Crippen LogP contribution in [0, 0.1) is 0 Å². The van der Waals surface area contributed by atoms with Gasteiger partial charge in [-0.2, -0.15) is 0 Å². The summed E-state index contributed by atoms with van der Waals surface area (Å²) in [5.74, 6) is 0. The fourth-order valence-corrected chi connectivity index (χ4v) is 5.14. The molecule has 146 valence electrons. The van der Waals surface area contributed by atoms with Crippen molar-refractivity contribution in [2.24, 2.45) is 0 Å². The zero-order chi connectivity index (χ0) is 19.2. The lowest BCUT2D eigenvalue weighted by Crippen LogP contribution is -2.55. The number of aromatic amines is 1. The van der Waals surface area contributed by atoms with Crippen LogP contribution in [0.5, 0.6) is 0 Å². The fraction of sp³-hybridized carbons (Fsp3) is 0.320. The van der Waals surface area contributed by atoms with E-state index in [0.717, 1.165) is 51.1 Å². The van der Waals surface area contributed by atoms with Crippen LogP contribution in [0.15, 0.2) is 60.7 Å². The average molecular weight is 383 g/mol. The Hall–Kier alpha value is -2.69. The number of aromatic nitrogens is 2. The largest absolute Gasteiger partial charge is 0.357 e. The van der Waals surface area contributed by atoms with E-state index in [1.807, 2.05) is 0 Å². The van der Waals surface area contributed by atoms with E-state index in [1.165, 1.54) is 27.7 Å². The third kappa shape index (κ3) is 3.13.